The number of nitrogens with zero attached hydrogens (tertiary/aromatic N) is 1. The quantitative estimate of drug-likeness (QED) is 0.200. The normalized spacial score (nSPS) is 11.4. The molecular formula is C31H26Cl2N2O4S. The second-order valence-electron chi connectivity index (χ2n) is 8.93. The van der Waals surface area contributed by atoms with Gasteiger partial charge in [-0.3, -0.25) is 9.69 Å². The van der Waals surface area contributed by atoms with Crippen molar-refractivity contribution in [2.45, 2.75) is 18.3 Å². The van der Waals surface area contributed by atoms with Crippen molar-refractivity contribution < 1.29 is 19.5 Å². The molecule has 4 rings (SSSR count). The van der Waals surface area contributed by atoms with Gasteiger partial charge in [-0.25, -0.2) is 9.59 Å². The zero-order valence-electron chi connectivity index (χ0n) is 21.3. The number of carboxylic acids is 1. The third kappa shape index (κ3) is 7.88. The third-order valence-electron chi connectivity index (χ3n) is 6.02. The lowest BCUT2D eigenvalue weighted by atomic mass is 10.0. The zero-order valence-corrected chi connectivity index (χ0v) is 23.6. The number of rotatable bonds is 10. The van der Waals surface area contributed by atoms with Crippen LogP contribution in [-0.2, 0) is 17.1 Å². The fourth-order valence-corrected chi connectivity index (χ4v) is 5.27. The highest BCUT2D eigenvalue weighted by atomic mass is 35.5. The van der Waals surface area contributed by atoms with Crippen molar-refractivity contribution in [3.63, 3.8) is 0 Å². The summed E-state index contributed by atoms with van der Waals surface area (Å²) in [5.74, 6) is -1.07. The largest absolute Gasteiger partial charge is 0.480 e. The van der Waals surface area contributed by atoms with E-state index in [0.717, 1.165) is 21.6 Å². The van der Waals surface area contributed by atoms with Gasteiger partial charge in [0.15, 0.2) is 0 Å². The van der Waals surface area contributed by atoms with Crippen LogP contribution in [0, 0.1) is 0 Å². The number of carbonyl (C=O) groups excluding carboxylic acids is 2. The number of hydrogen-bond acceptors (Lipinski definition) is 4. The van der Waals surface area contributed by atoms with Crippen molar-refractivity contribution in [2.24, 2.45) is 0 Å². The molecule has 0 bridgehead atoms. The summed E-state index contributed by atoms with van der Waals surface area (Å²) in [5, 5.41) is 13.0. The number of aliphatic carboxylic acids is 1. The molecule has 4 aromatic carbocycles. The summed E-state index contributed by atoms with van der Waals surface area (Å²) in [7, 11) is 0. The molecule has 0 saturated heterocycles. The predicted octanol–water partition coefficient (Wildman–Crippen LogP) is 7.40. The zero-order chi connectivity index (χ0) is 28.5. The standard InChI is InChI=1S/C31H26Cl2N2O4S/c32-26-15-14-22(16-27(26)33)18-35(29(36)25-13-7-12-24(17-25)23-10-5-2-6-11-23)31(39)34-28(30(37)38)20-40-19-21-8-3-1-4-9-21/h1-17,28H,18-20H2,(H,34,39)(H,37,38)/t28-/m0/s1. The third-order valence-corrected chi connectivity index (χ3v) is 7.87. The molecule has 2 N–H and O–H groups in total. The average molecular weight is 594 g/mol. The first-order valence-electron chi connectivity index (χ1n) is 12.4. The molecule has 0 aromatic heterocycles. The van der Waals surface area contributed by atoms with E-state index in [1.165, 1.54) is 11.8 Å². The molecular weight excluding hydrogens is 567 g/mol. The highest BCUT2D eigenvalue weighted by molar-refractivity contribution is 7.98. The molecule has 0 aliphatic rings. The fraction of sp³-hybridized carbons (Fsp3) is 0.129. The second-order valence-corrected chi connectivity index (χ2v) is 10.8. The van der Waals surface area contributed by atoms with Crippen LogP contribution in [0.1, 0.15) is 21.5 Å². The second kappa shape index (κ2) is 14.0. The summed E-state index contributed by atoms with van der Waals surface area (Å²) in [6.07, 6.45) is 0. The minimum absolute atomic E-state index is 0.119. The van der Waals surface area contributed by atoms with Gasteiger partial charge in [0.1, 0.15) is 6.04 Å². The van der Waals surface area contributed by atoms with E-state index < -0.39 is 23.9 Å². The van der Waals surface area contributed by atoms with E-state index in [1.807, 2.05) is 66.7 Å². The summed E-state index contributed by atoms with van der Waals surface area (Å²) in [6.45, 7) is -0.138. The number of amides is 3. The van der Waals surface area contributed by atoms with Crippen LogP contribution >= 0.6 is 35.0 Å². The molecule has 40 heavy (non-hydrogen) atoms. The van der Waals surface area contributed by atoms with Gasteiger partial charge in [-0.2, -0.15) is 11.8 Å². The first-order valence-corrected chi connectivity index (χ1v) is 14.3. The molecule has 1 atom stereocenters. The van der Waals surface area contributed by atoms with E-state index in [4.69, 9.17) is 23.2 Å². The van der Waals surface area contributed by atoms with Crippen LogP contribution < -0.4 is 5.32 Å². The molecule has 0 aliphatic heterocycles. The highest BCUT2D eigenvalue weighted by Gasteiger charge is 2.28. The van der Waals surface area contributed by atoms with Crippen molar-refractivity contribution >= 4 is 52.9 Å². The number of benzene rings is 4. The van der Waals surface area contributed by atoms with Crippen molar-refractivity contribution in [1.29, 1.82) is 0 Å². The van der Waals surface area contributed by atoms with E-state index in [9.17, 15) is 19.5 Å². The first kappa shape index (κ1) is 29.2. The molecule has 0 saturated carbocycles. The molecule has 0 unspecified atom stereocenters. The van der Waals surface area contributed by atoms with Gasteiger partial charge in [-0.05, 0) is 46.5 Å². The van der Waals surface area contributed by atoms with Crippen LogP contribution in [0.15, 0.2) is 103 Å². The van der Waals surface area contributed by atoms with Gasteiger partial charge in [-0.1, -0.05) is 102 Å². The number of carbonyl (C=O) groups is 3. The molecule has 3 amide bonds. The first-order chi connectivity index (χ1) is 19.3. The van der Waals surface area contributed by atoms with Gasteiger partial charge < -0.3 is 10.4 Å². The Morgan fingerprint density at radius 1 is 0.775 bits per heavy atom. The Bertz CT molecular complexity index is 1490. The number of imide groups is 1. The predicted molar refractivity (Wildman–Crippen MR) is 161 cm³/mol. The van der Waals surface area contributed by atoms with Crippen molar-refractivity contribution in [2.75, 3.05) is 5.75 Å². The van der Waals surface area contributed by atoms with Gasteiger partial charge in [-0.15, -0.1) is 0 Å². The molecule has 0 heterocycles. The van der Waals surface area contributed by atoms with Crippen LogP contribution in [0.5, 0.6) is 0 Å². The molecule has 4 aromatic rings. The van der Waals surface area contributed by atoms with Crippen LogP contribution in [0.2, 0.25) is 10.0 Å². The summed E-state index contributed by atoms with van der Waals surface area (Å²) in [6, 6.07) is 28.9. The average Bonchev–Trinajstić information content (AvgIpc) is 2.97. The minimum atomic E-state index is -1.21. The van der Waals surface area contributed by atoms with Gasteiger partial charge in [0.2, 0.25) is 0 Å². The van der Waals surface area contributed by atoms with Crippen LogP contribution in [-0.4, -0.2) is 39.7 Å². The van der Waals surface area contributed by atoms with E-state index >= 15 is 0 Å². The number of hydrogen-bond donors (Lipinski definition) is 2. The van der Waals surface area contributed by atoms with Gasteiger partial charge in [0, 0.05) is 17.1 Å². The molecule has 0 fully saturated rings. The maximum absolute atomic E-state index is 13.7. The fourth-order valence-electron chi connectivity index (χ4n) is 3.95. The smallest absolute Gasteiger partial charge is 0.327 e. The highest BCUT2D eigenvalue weighted by Crippen LogP contribution is 2.25. The van der Waals surface area contributed by atoms with Crippen LogP contribution in [0.4, 0.5) is 4.79 Å². The van der Waals surface area contributed by atoms with Gasteiger partial charge >= 0.3 is 12.0 Å². The molecule has 9 heteroatoms. The summed E-state index contributed by atoms with van der Waals surface area (Å²) < 4.78 is 0. The van der Waals surface area contributed by atoms with E-state index in [1.54, 1.807) is 36.4 Å². The number of thioether (sulfide) groups is 1. The Morgan fingerprint density at radius 2 is 1.45 bits per heavy atom. The Labute approximate surface area is 246 Å². The van der Waals surface area contributed by atoms with Crippen LogP contribution in [0.25, 0.3) is 11.1 Å². The van der Waals surface area contributed by atoms with E-state index in [2.05, 4.69) is 5.32 Å². The molecule has 0 radical (unpaired) electrons. The van der Waals surface area contributed by atoms with Gasteiger partial charge in [0.25, 0.3) is 5.91 Å². The number of nitrogens with one attached hydrogen (secondary N) is 1. The summed E-state index contributed by atoms with van der Waals surface area (Å²) in [5.41, 5.74) is 3.60. The van der Waals surface area contributed by atoms with Crippen molar-refractivity contribution in [1.82, 2.24) is 10.2 Å². The number of urea groups is 1. The molecule has 0 spiro atoms. The van der Waals surface area contributed by atoms with Crippen molar-refractivity contribution in [3.05, 3.63) is 130 Å². The lowest BCUT2D eigenvalue weighted by Gasteiger charge is -2.24. The van der Waals surface area contributed by atoms with E-state index in [0.29, 0.717) is 16.3 Å². The summed E-state index contributed by atoms with van der Waals surface area (Å²) in [4.78, 5) is 40.2. The Kier molecular flexibility index (Phi) is 10.2. The Balaban J connectivity index is 1.57. The Hall–Kier alpha value is -3.78. The monoisotopic (exact) mass is 592 g/mol. The molecule has 204 valence electrons. The topological polar surface area (TPSA) is 86.7 Å². The van der Waals surface area contributed by atoms with Crippen LogP contribution in [0.3, 0.4) is 0 Å². The number of carboxylic acid groups (broad SMARTS) is 1. The maximum Gasteiger partial charge on any atom is 0.327 e. The van der Waals surface area contributed by atoms with E-state index in [-0.39, 0.29) is 22.9 Å². The summed E-state index contributed by atoms with van der Waals surface area (Å²) >= 11 is 13.6. The lowest BCUT2D eigenvalue weighted by Crippen LogP contribution is -2.50. The van der Waals surface area contributed by atoms with Crippen molar-refractivity contribution in [3.8, 4) is 11.1 Å². The Morgan fingerprint density at radius 3 is 2.12 bits per heavy atom. The molecule has 0 aliphatic carbocycles. The molecule has 6 nitrogen and oxygen atoms in total. The number of halogens is 2. The minimum Gasteiger partial charge on any atom is -0.480 e. The maximum atomic E-state index is 13.7. The SMILES string of the molecule is O=C(O)[C@H](CSCc1ccccc1)NC(=O)N(Cc1ccc(Cl)c(Cl)c1)C(=O)c1cccc(-c2ccccc2)c1. The lowest BCUT2D eigenvalue weighted by molar-refractivity contribution is -0.138. The van der Waals surface area contributed by atoms with Gasteiger partial charge in [0.05, 0.1) is 16.6 Å².